The normalized spacial score (nSPS) is 15.2. The lowest BCUT2D eigenvalue weighted by Crippen LogP contribution is -2.45. The van der Waals surface area contributed by atoms with Gasteiger partial charge in [0.15, 0.2) is 0 Å². The van der Waals surface area contributed by atoms with Crippen LogP contribution < -0.4 is 11.1 Å². The van der Waals surface area contributed by atoms with Crippen LogP contribution in [0.1, 0.15) is 35.2 Å². The Labute approximate surface area is 141 Å². The van der Waals surface area contributed by atoms with Crippen LogP contribution in [0.5, 0.6) is 0 Å². The van der Waals surface area contributed by atoms with Crippen molar-refractivity contribution >= 4 is 24.0 Å². The monoisotopic (exact) mass is 334 g/mol. The summed E-state index contributed by atoms with van der Waals surface area (Å²) in [6.07, 6.45) is 3.15. The van der Waals surface area contributed by atoms with Gasteiger partial charge in [0.1, 0.15) is 5.82 Å². The summed E-state index contributed by atoms with van der Waals surface area (Å²) in [4.78, 5) is 12.2. The first-order chi connectivity index (χ1) is 10.6. The molecule has 1 aliphatic rings. The van der Waals surface area contributed by atoms with Crippen molar-refractivity contribution in [2.24, 2.45) is 0 Å². The third kappa shape index (κ3) is 3.64. The van der Waals surface area contributed by atoms with E-state index in [1.54, 1.807) is 24.3 Å². The van der Waals surface area contributed by atoms with Gasteiger partial charge in [-0.3, -0.25) is 4.79 Å². The number of anilines is 1. The smallest absolute Gasteiger partial charge is 0.251 e. The summed E-state index contributed by atoms with van der Waals surface area (Å²) in [6.45, 7) is 0.562. The maximum atomic E-state index is 13.1. The summed E-state index contributed by atoms with van der Waals surface area (Å²) in [6, 6.07) is 13.5. The molecule has 122 valence electrons. The molecule has 3 N–H and O–H groups in total. The Hall–Kier alpha value is -2.07. The van der Waals surface area contributed by atoms with Crippen LogP contribution in [0, 0.1) is 5.82 Å². The summed E-state index contributed by atoms with van der Waals surface area (Å²) >= 11 is 0. The van der Waals surface area contributed by atoms with E-state index in [-0.39, 0.29) is 29.5 Å². The second-order valence-corrected chi connectivity index (χ2v) is 5.95. The maximum absolute atomic E-state index is 13.1. The number of nitrogens with two attached hydrogens (primary N) is 1. The van der Waals surface area contributed by atoms with Crippen LogP contribution in [0.3, 0.4) is 0 Å². The molecule has 0 heterocycles. The first-order valence-corrected chi connectivity index (χ1v) is 7.49. The van der Waals surface area contributed by atoms with E-state index in [0.717, 1.165) is 24.8 Å². The third-order valence-electron chi connectivity index (χ3n) is 4.50. The van der Waals surface area contributed by atoms with Gasteiger partial charge < -0.3 is 11.1 Å². The van der Waals surface area contributed by atoms with Crippen LogP contribution in [0.15, 0.2) is 48.5 Å². The highest BCUT2D eigenvalue weighted by Gasteiger charge is 2.38. The average molecular weight is 335 g/mol. The number of halogens is 2. The van der Waals surface area contributed by atoms with Crippen molar-refractivity contribution in [2.45, 2.75) is 24.7 Å². The molecule has 1 amide bonds. The molecule has 0 saturated heterocycles. The molecule has 0 aliphatic heterocycles. The lowest BCUT2D eigenvalue weighted by molar-refractivity contribution is 0.0928. The number of rotatable bonds is 4. The molecule has 0 spiro atoms. The number of hydrogen-bond acceptors (Lipinski definition) is 2. The van der Waals surface area contributed by atoms with E-state index in [4.69, 9.17) is 5.73 Å². The molecule has 2 aromatic rings. The van der Waals surface area contributed by atoms with Gasteiger partial charge in [0.05, 0.1) is 0 Å². The Morgan fingerprint density at radius 3 is 2.43 bits per heavy atom. The topological polar surface area (TPSA) is 55.1 Å². The number of carbonyl (C=O) groups excluding carboxylic acids is 1. The van der Waals surface area contributed by atoms with Gasteiger partial charge in [-0.1, -0.05) is 24.6 Å². The van der Waals surface area contributed by atoms with Crippen molar-refractivity contribution in [3.8, 4) is 0 Å². The van der Waals surface area contributed by atoms with Crippen LogP contribution in [0.4, 0.5) is 10.1 Å². The lowest BCUT2D eigenvalue weighted by atomic mass is 9.64. The zero-order chi connectivity index (χ0) is 15.6. The van der Waals surface area contributed by atoms with Gasteiger partial charge in [-0.25, -0.2) is 4.39 Å². The zero-order valence-corrected chi connectivity index (χ0v) is 13.5. The SMILES string of the molecule is Cl.Nc1cccc(C(=O)NCC2(c3ccc(F)cc3)CCC2)c1. The predicted octanol–water partition coefficient (Wildman–Crippen LogP) is 3.68. The van der Waals surface area contributed by atoms with Crippen molar-refractivity contribution in [3.63, 3.8) is 0 Å². The highest BCUT2D eigenvalue weighted by Crippen LogP contribution is 2.43. The minimum absolute atomic E-state index is 0. The minimum Gasteiger partial charge on any atom is -0.399 e. The second kappa shape index (κ2) is 7.01. The highest BCUT2D eigenvalue weighted by molar-refractivity contribution is 5.95. The van der Waals surface area contributed by atoms with E-state index >= 15 is 0 Å². The van der Waals surface area contributed by atoms with Gasteiger partial charge in [-0.2, -0.15) is 0 Å². The Balaban J connectivity index is 0.00000192. The van der Waals surface area contributed by atoms with Crippen molar-refractivity contribution in [3.05, 3.63) is 65.5 Å². The molecule has 0 aromatic heterocycles. The first-order valence-electron chi connectivity index (χ1n) is 7.49. The fourth-order valence-electron chi connectivity index (χ4n) is 3.01. The molecule has 0 unspecified atom stereocenters. The number of hydrogen-bond donors (Lipinski definition) is 2. The van der Waals surface area contributed by atoms with Gasteiger partial charge in [-0.15, -0.1) is 12.4 Å². The summed E-state index contributed by atoms with van der Waals surface area (Å²) < 4.78 is 13.1. The molecule has 2 aromatic carbocycles. The molecule has 5 heteroatoms. The maximum Gasteiger partial charge on any atom is 0.251 e. The number of carbonyl (C=O) groups is 1. The van der Waals surface area contributed by atoms with E-state index in [9.17, 15) is 9.18 Å². The standard InChI is InChI=1S/C18H19FN2O.ClH/c19-15-7-5-14(6-8-15)18(9-2-10-18)12-21-17(22)13-3-1-4-16(20)11-13;/h1,3-8,11H,2,9-10,12,20H2,(H,21,22);1H. The van der Waals surface area contributed by atoms with E-state index in [1.807, 2.05) is 12.1 Å². The van der Waals surface area contributed by atoms with E-state index in [2.05, 4.69) is 5.32 Å². The summed E-state index contributed by atoms with van der Waals surface area (Å²) in [7, 11) is 0. The molecule has 1 fully saturated rings. The summed E-state index contributed by atoms with van der Waals surface area (Å²) in [5, 5.41) is 2.99. The molecule has 0 radical (unpaired) electrons. The molecule has 3 rings (SSSR count). The van der Waals surface area contributed by atoms with Crippen LogP contribution in [-0.2, 0) is 5.41 Å². The summed E-state index contributed by atoms with van der Waals surface area (Å²) in [5.41, 5.74) is 7.87. The number of benzene rings is 2. The fraction of sp³-hybridized carbons (Fsp3) is 0.278. The molecular formula is C18H20ClFN2O. The predicted molar refractivity (Wildman–Crippen MR) is 92.4 cm³/mol. The van der Waals surface area contributed by atoms with Crippen LogP contribution in [-0.4, -0.2) is 12.5 Å². The molecular weight excluding hydrogens is 315 g/mol. The third-order valence-corrected chi connectivity index (χ3v) is 4.50. The number of amides is 1. The molecule has 1 aliphatic carbocycles. The average Bonchev–Trinajstić information content (AvgIpc) is 2.47. The van der Waals surface area contributed by atoms with Crippen LogP contribution >= 0.6 is 12.4 Å². The Morgan fingerprint density at radius 2 is 1.87 bits per heavy atom. The van der Waals surface area contributed by atoms with E-state index in [1.165, 1.54) is 12.1 Å². The van der Waals surface area contributed by atoms with Crippen LogP contribution in [0.2, 0.25) is 0 Å². The first kappa shape index (κ1) is 17.3. The quantitative estimate of drug-likeness (QED) is 0.838. The Bertz CT molecular complexity index is 684. The highest BCUT2D eigenvalue weighted by atomic mass is 35.5. The lowest BCUT2D eigenvalue weighted by Gasteiger charge is -2.42. The second-order valence-electron chi connectivity index (χ2n) is 5.95. The molecule has 23 heavy (non-hydrogen) atoms. The van der Waals surface area contributed by atoms with E-state index in [0.29, 0.717) is 17.8 Å². The van der Waals surface area contributed by atoms with Gasteiger partial charge >= 0.3 is 0 Å². The van der Waals surface area contributed by atoms with Gasteiger partial charge in [0.2, 0.25) is 0 Å². The van der Waals surface area contributed by atoms with Gasteiger partial charge in [0, 0.05) is 23.2 Å². The fourth-order valence-corrected chi connectivity index (χ4v) is 3.01. The van der Waals surface area contributed by atoms with Gasteiger partial charge in [-0.05, 0) is 48.7 Å². The molecule has 0 bridgehead atoms. The minimum atomic E-state index is -0.234. The molecule has 3 nitrogen and oxygen atoms in total. The summed E-state index contributed by atoms with van der Waals surface area (Å²) in [5.74, 6) is -0.359. The van der Waals surface area contributed by atoms with Crippen LogP contribution in [0.25, 0.3) is 0 Å². The number of nitrogens with one attached hydrogen (secondary N) is 1. The Morgan fingerprint density at radius 1 is 1.17 bits per heavy atom. The van der Waals surface area contributed by atoms with Crippen molar-refractivity contribution in [1.29, 1.82) is 0 Å². The van der Waals surface area contributed by atoms with Crippen molar-refractivity contribution in [1.82, 2.24) is 5.32 Å². The van der Waals surface area contributed by atoms with E-state index < -0.39 is 0 Å². The van der Waals surface area contributed by atoms with Crippen molar-refractivity contribution < 1.29 is 9.18 Å². The zero-order valence-electron chi connectivity index (χ0n) is 12.7. The number of nitrogen functional groups attached to an aromatic ring is 1. The molecule has 1 saturated carbocycles. The molecule has 0 atom stereocenters. The largest absolute Gasteiger partial charge is 0.399 e. The van der Waals surface area contributed by atoms with Gasteiger partial charge in [0.25, 0.3) is 5.91 Å². The van der Waals surface area contributed by atoms with Crippen molar-refractivity contribution in [2.75, 3.05) is 12.3 Å². The Kier molecular flexibility index (Phi) is 5.26.